The number of nitrogens with one attached hydrogen (secondary N) is 2. The Morgan fingerprint density at radius 1 is 0.714 bits per heavy atom. The number of hydrogen-bond donors (Lipinski definition) is 4. The second kappa shape index (κ2) is 6.23. The van der Waals surface area contributed by atoms with Crippen molar-refractivity contribution in [3.63, 3.8) is 0 Å². The lowest BCUT2D eigenvalue weighted by atomic mass is 10.3. The van der Waals surface area contributed by atoms with Crippen LogP contribution in [0.2, 0.25) is 0 Å². The van der Waals surface area contributed by atoms with Gasteiger partial charge in [0.25, 0.3) is 0 Å². The number of hydrogen-bond acceptors (Lipinski definition) is 4. The monoisotopic (exact) mass is 194 g/mol. The summed E-state index contributed by atoms with van der Waals surface area (Å²) in [6, 6.07) is 7.09. The molecular formula is C10H18N4. The standard InChI is InChI=1S/C6H8N2.C4H10N2/c7-5-1-2-6(8)4-3-5;1-2-6-4-3-5-1/h1-4H,7-8H2;5-6H,1-4H2. The molecule has 1 saturated heterocycles. The lowest BCUT2D eigenvalue weighted by Gasteiger charge is -2.11. The molecular weight excluding hydrogens is 176 g/mol. The minimum Gasteiger partial charge on any atom is -0.399 e. The molecule has 1 heterocycles. The van der Waals surface area contributed by atoms with Crippen LogP contribution in [0.1, 0.15) is 0 Å². The van der Waals surface area contributed by atoms with Crippen molar-refractivity contribution in [1.82, 2.24) is 10.6 Å². The van der Waals surface area contributed by atoms with Crippen LogP contribution in [0.25, 0.3) is 0 Å². The van der Waals surface area contributed by atoms with Crippen molar-refractivity contribution in [2.75, 3.05) is 37.6 Å². The molecule has 0 saturated carbocycles. The van der Waals surface area contributed by atoms with E-state index in [2.05, 4.69) is 10.6 Å². The second-order valence-corrected chi connectivity index (χ2v) is 3.17. The highest BCUT2D eigenvalue weighted by Crippen LogP contribution is 2.04. The fourth-order valence-electron chi connectivity index (χ4n) is 1.10. The Balaban J connectivity index is 0.000000146. The van der Waals surface area contributed by atoms with E-state index in [1.54, 1.807) is 24.3 Å². The Bertz CT molecular complexity index is 208. The van der Waals surface area contributed by atoms with Gasteiger partial charge in [-0.2, -0.15) is 0 Å². The topological polar surface area (TPSA) is 76.1 Å². The predicted molar refractivity (Wildman–Crippen MR) is 61.0 cm³/mol. The highest BCUT2D eigenvalue weighted by molar-refractivity contribution is 5.47. The fraction of sp³-hybridized carbons (Fsp3) is 0.400. The number of anilines is 2. The average molecular weight is 194 g/mol. The molecule has 0 aromatic heterocycles. The predicted octanol–water partition coefficient (Wildman–Crippen LogP) is 0.0302. The van der Waals surface area contributed by atoms with E-state index < -0.39 is 0 Å². The van der Waals surface area contributed by atoms with Crippen LogP contribution >= 0.6 is 0 Å². The van der Waals surface area contributed by atoms with Gasteiger partial charge in [0.2, 0.25) is 0 Å². The molecule has 0 amide bonds. The van der Waals surface area contributed by atoms with Crippen molar-refractivity contribution < 1.29 is 0 Å². The summed E-state index contributed by atoms with van der Waals surface area (Å²) in [6.45, 7) is 4.56. The molecule has 1 aliphatic heterocycles. The quantitative estimate of drug-likeness (QED) is 0.440. The van der Waals surface area contributed by atoms with Gasteiger partial charge in [-0.3, -0.25) is 0 Å². The third-order valence-electron chi connectivity index (χ3n) is 1.89. The van der Waals surface area contributed by atoms with Crippen molar-refractivity contribution in [1.29, 1.82) is 0 Å². The van der Waals surface area contributed by atoms with Crippen LogP contribution in [-0.4, -0.2) is 26.2 Å². The molecule has 0 aliphatic carbocycles. The molecule has 78 valence electrons. The summed E-state index contributed by atoms with van der Waals surface area (Å²) in [5.41, 5.74) is 12.2. The van der Waals surface area contributed by atoms with E-state index >= 15 is 0 Å². The van der Waals surface area contributed by atoms with Crippen LogP contribution in [0, 0.1) is 0 Å². The van der Waals surface area contributed by atoms with Gasteiger partial charge in [-0.25, -0.2) is 0 Å². The van der Waals surface area contributed by atoms with Gasteiger partial charge in [0.1, 0.15) is 0 Å². The van der Waals surface area contributed by atoms with Crippen LogP contribution in [0.3, 0.4) is 0 Å². The molecule has 1 aromatic carbocycles. The van der Waals surface area contributed by atoms with Crippen molar-refractivity contribution in [2.24, 2.45) is 0 Å². The first kappa shape index (κ1) is 10.8. The zero-order chi connectivity index (χ0) is 10.2. The molecule has 4 heteroatoms. The van der Waals surface area contributed by atoms with E-state index in [9.17, 15) is 0 Å². The molecule has 0 unspecified atom stereocenters. The van der Waals surface area contributed by atoms with Crippen molar-refractivity contribution in [2.45, 2.75) is 0 Å². The van der Waals surface area contributed by atoms with Crippen LogP contribution in [0.4, 0.5) is 11.4 Å². The number of nitrogens with two attached hydrogens (primary N) is 2. The molecule has 4 nitrogen and oxygen atoms in total. The Kier molecular flexibility index (Phi) is 4.82. The Labute approximate surface area is 84.7 Å². The molecule has 0 atom stereocenters. The summed E-state index contributed by atoms with van der Waals surface area (Å²) in [4.78, 5) is 0. The van der Waals surface area contributed by atoms with E-state index in [4.69, 9.17) is 11.5 Å². The maximum atomic E-state index is 5.37. The molecule has 0 bridgehead atoms. The normalized spacial score (nSPS) is 15.4. The van der Waals surface area contributed by atoms with E-state index in [0.717, 1.165) is 37.6 Å². The van der Waals surface area contributed by atoms with Gasteiger partial charge in [-0.1, -0.05) is 0 Å². The van der Waals surface area contributed by atoms with Crippen LogP contribution in [0.15, 0.2) is 24.3 Å². The van der Waals surface area contributed by atoms with Gasteiger partial charge in [0.15, 0.2) is 0 Å². The number of nitrogen functional groups attached to an aromatic ring is 2. The van der Waals surface area contributed by atoms with Crippen LogP contribution in [-0.2, 0) is 0 Å². The molecule has 1 aromatic rings. The molecule has 0 spiro atoms. The van der Waals surface area contributed by atoms with E-state index in [1.807, 2.05) is 0 Å². The Morgan fingerprint density at radius 2 is 1.00 bits per heavy atom. The van der Waals surface area contributed by atoms with Gasteiger partial charge >= 0.3 is 0 Å². The minimum absolute atomic E-state index is 0.749. The lowest BCUT2D eigenvalue weighted by Crippen LogP contribution is -2.39. The lowest BCUT2D eigenvalue weighted by molar-refractivity contribution is 0.534. The smallest absolute Gasteiger partial charge is 0.0315 e. The molecule has 0 radical (unpaired) electrons. The molecule has 2 rings (SSSR count). The van der Waals surface area contributed by atoms with Crippen molar-refractivity contribution in [3.8, 4) is 0 Å². The maximum absolute atomic E-state index is 5.37. The van der Waals surface area contributed by atoms with Gasteiger partial charge in [-0.15, -0.1) is 0 Å². The zero-order valence-corrected chi connectivity index (χ0v) is 8.29. The number of piperazine rings is 1. The van der Waals surface area contributed by atoms with E-state index in [-0.39, 0.29) is 0 Å². The summed E-state index contributed by atoms with van der Waals surface area (Å²) >= 11 is 0. The summed E-state index contributed by atoms with van der Waals surface area (Å²) in [5, 5.41) is 6.44. The summed E-state index contributed by atoms with van der Waals surface area (Å²) in [6.07, 6.45) is 0. The number of benzene rings is 1. The fourth-order valence-corrected chi connectivity index (χ4v) is 1.10. The highest BCUT2D eigenvalue weighted by Gasteiger charge is 1.91. The first-order chi connectivity index (χ1) is 6.79. The zero-order valence-electron chi connectivity index (χ0n) is 8.29. The number of rotatable bonds is 0. The third-order valence-corrected chi connectivity index (χ3v) is 1.89. The minimum atomic E-state index is 0.749. The van der Waals surface area contributed by atoms with Crippen LogP contribution in [0.5, 0.6) is 0 Å². The maximum Gasteiger partial charge on any atom is 0.0315 e. The van der Waals surface area contributed by atoms with Crippen molar-refractivity contribution in [3.05, 3.63) is 24.3 Å². The molecule has 6 N–H and O–H groups in total. The SMILES string of the molecule is C1CNCCN1.Nc1ccc(N)cc1. The van der Waals surface area contributed by atoms with Gasteiger partial charge in [0.05, 0.1) is 0 Å². The first-order valence-corrected chi connectivity index (χ1v) is 4.81. The summed E-state index contributed by atoms with van der Waals surface area (Å²) < 4.78 is 0. The van der Waals surface area contributed by atoms with Crippen LogP contribution < -0.4 is 22.1 Å². The second-order valence-electron chi connectivity index (χ2n) is 3.17. The first-order valence-electron chi connectivity index (χ1n) is 4.81. The Morgan fingerprint density at radius 3 is 1.21 bits per heavy atom. The average Bonchev–Trinajstić information content (AvgIpc) is 2.26. The van der Waals surface area contributed by atoms with Gasteiger partial charge in [-0.05, 0) is 24.3 Å². The molecule has 1 fully saturated rings. The Hall–Kier alpha value is -1.26. The largest absolute Gasteiger partial charge is 0.399 e. The van der Waals surface area contributed by atoms with Gasteiger partial charge in [0, 0.05) is 37.6 Å². The molecule has 1 aliphatic rings. The third kappa shape index (κ3) is 4.69. The highest BCUT2D eigenvalue weighted by atomic mass is 15.0. The molecule has 14 heavy (non-hydrogen) atoms. The van der Waals surface area contributed by atoms with Gasteiger partial charge < -0.3 is 22.1 Å². The summed E-state index contributed by atoms with van der Waals surface area (Å²) in [5.74, 6) is 0. The van der Waals surface area contributed by atoms with Crippen molar-refractivity contribution >= 4 is 11.4 Å². The van der Waals surface area contributed by atoms with E-state index in [1.165, 1.54) is 0 Å². The summed E-state index contributed by atoms with van der Waals surface area (Å²) in [7, 11) is 0. The van der Waals surface area contributed by atoms with E-state index in [0.29, 0.717) is 0 Å².